The number of carbonyl (C=O) groups excluding carboxylic acids is 2. The topological polar surface area (TPSA) is 110 Å². The van der Waals surface area contributed by atoms with Crippen LogP contribution < -0.4 is 16.6 Å². The highest BCUT2D eigenvalue weighted by molar-refractivity contribution is 5.80. The molecule has 0 saturated carbocycles. The minimum atomic E-state index is -0.752. The average Bonchev–Trinajstić information content (AvgIpc) is 2.66. The summed E-state index contributed by atoms with van der Waals surface area (Å²) in [6.45, 7) is 5.22. The number of hydrogen-bond acceptors (Lipinski definition) is 5. The molecule has 0 saturated heterocycles. The third-order valence-corrected chi connectivity index (χ3v) is 4.29. The maximum Gasteiger partial charge on any atom is 0.328 e. The highest BCUT2D eigenvalue weighted by Gasteiger charge is 2.19. The third-order valence-electron chi connectivity index (χ3n) is 4.29. The van der Waals surface area contributed by atoms with Crippen molar-refractivity contribution in [2.24, 2.45) is 5.92 Å². The minimum Gasteiger partial charge on any atom is -0.454 e. The lowest BCUT2D eigenvalue weighted by Gasteiger charge is -2.23. The lowest BCUT2D eigenvalue weighted by molar-refractivity contribution is -0.149. The first kappa shape index (κ1) is 21.1. The molecule has 28 heavy (non-hydrogen) atoms. The average molecular weight is 387 g/mol. The van der Waals surface area contributed by atoms with Crippen molar-refractivity contribution in [3.63, 3.8) is 0 Å². The second-order valence-corrected chi connectivity index (χ2v) is 6.78. The summed E-state index contributed by atoms with van der Waals surface area (Å²) in [5, 5.41) is 2.88. The minimum absolute atomic E-state index is 0.145. The van der Waals surface area contributed by atoms with Gasteiger partial charge in [0.15, 0.2) is 6.61 Å². The molecule has 0 bridgehead atoms. The van der Waals surface area contributed by atoms with Crippen molar-refractivity contribution in [3.05, 3.63) is 68.5 Å². The SMILES string of the molecule is CCc1ccc([C@H](NC(=O)COC(=O)Cn2ccc(=O)[nH]c2=O)C(C)C)cc1. The fraction of sp³-hybridized carbons (Fsp3) is 0.400. The summed E-state index contributed by atoms with van der Waals surface area (Å²) < 4.78 is 5.94. The smallest absolute Gasteiger partial charge is 0.328 e. The molecule has 1 heterocycles. The number of esters is 1. The molecule has 1 aromatic carbocycles. The molecule has 1 atom stereocenters. The number of aryl methyl sites for hydroxylation is 1. The summed E-state index contributed by atoms with van der Waals surface area (Å²) in [6.07, 6.45) is 2.13. The monoisotopic (exact) mass is 387 g/mol. The number of benzene rings is 1. The zero-order valence-corrected chi connectivity index (χ0v) is 16.2. The van der Waals surface area contributed by atoms with Crippen LogP contribution in [-0.4, -0.2) is 28.0 Å². The Bertz CT molecular complexity index is 928. The van der Waals surface area contributed by atoms with E-state index >= 15 is 0 Å². The summed E-state index contributed by atoms with van der Waals surface area (Å²) >= 11 is 0. The van der Waals surface area contributed by atoms with E-state index in [1.165, 1.54) is 11.8 Å². The van der Waals surface area contributed by atoms with Gasteiger partial charge < -0.3 is 10.1 Å². The first-order valence-electron chi connectivity index (χ1n) is 9.13. The molecule has 8 heteroatoms. The van der Waals surface area contributed by atoms with E-state index in [0.717, 1.165) is 22.6 Å². The van der Waals surface area contributed by atoms with Gasteiger partial charge in [-0.25, -0.2) is 4.79 Å². The van der Waals surface area contributed by atoms with Gasteiger partial charge in [-0.3, -0.25) is 23.9 Å². The van der Waals surface area contributed by atoms with Crippen LogP contribution in [0.1, 0.15) is 37.9 Å². The maximum absolute atomic E-state index is 12.2. The van der Waals surface area contributed by atoms with Crippen molar-refractivity contribution >= 4 is 11.9 Å². The Kier molecular flexibility index (Phi) is 7.31. The molecule has 2 aromatic rings. The van der Waals surface area contributed by atoms with Gasteiger partial charge in [0.2, 0.25) is 0 Å². The fourth-order valence-electron chi connectivity index (χ4n) is 2.71. The van der Waals surface area contributed by atoms with Gasteiger partial charge in [-0.2, -0.15) is 0 Å². The second-order valence-electron chi connectivity index (χ2n) is 6.78. The summed E-state index contributed by atoms with van der Waals surface area (Å²) in [4.78, 5) is 48.7. The zero-order chi connectivity index (χ0) is 20.7. The maximum atomic E-state index is 12.2. The van der Waals surface area contributed by atoms with Crippen molar-refractivity contribution in [2.45, 2.75) is 39.8 Å². The van der Waals surface area contributed by atoms with Gasteiger partial charge >= 0.3 is 11.7 Å². The van der Waals surface area contributed by atoms with Crippen LogP contribution in [0.5, 0.6) is 0 Å². The molecule has 0 radical (unpaired) electrons. The molecule has 1 aromatic heterocycles. The number of amides is 1. The summed E-state index contributed by atoms with van der Waals surface area (Å²) in [6, 6.07) is 8.94. The summed E-state index contributed by atoms with van der Waals surface area (Å²) in [5.74, 6) is -1.04. The van der Waals surface area contributed by atoms with Crippen LogP contribution in [0.3, 0.4) is 0 Å². The standard InChI is InChI=1S/C20H25N3O5/c1-4-14-5-7-15(8-6-14)19(13(2)3)21-17(25)12-28-18(26)11-23-10-9-16(24)22-20(23)27/h5-10,13,19H,4,11-12H2,1-3H3,(H,21,25)(H,22,24,27)/t19-/m1/s1. The second kappa shape index (κ2) is 9.68. The van der Waals surface area contributed by atoms with E-state index in [4.69, 9.17) is 4.74 Å². The highest BCUT2D eigenvalue weighted by atomic mass is 16.5. The molecule has 150 valence electrons. The van der Waals surface area contributed by atoms with Gasteiger partial charge in [0.05, 0.1) is 6.04 Å². The predicted molar refractivity (Wildman–Crippen MR) is 104 cm³/mol. The Balaban J connectivity index is 1.92. The van der Waals surface area contributed by atoms with Crippen LogP contribution in [0.2, 0.25) is 0 Å². The van der Waals surface area contributed by atoms with Gasteiger partial charge in [0.1, 0.15) is 6.54 Å². The normalized spacial score (nSPS) is 11.9. The van der Waals surface area contributed by atoms with Crippen LogP contribution in [0.4, 0.5) is 0 Å². The van der Waals surface area contributed by atoms with Crippen molar-refractivity contribution < 1.29 is 14.3 Å². The lowest BCUT2D eigenvalue weighted by Crippen LogP contribution is -2.36. The number of ether oxygens (including phenoxy) is 1. The van der Waals surface area contributed by atoms with Gasteiger partial charge in [-0.05, 0) is 23.5 Å². The Morgan fingerprint density at radius 2 is 1.82 bits per heavy atom. The van der Waals surface area contributed by atoms with Crippen molar-refractivity contribution in [3.8, 4) is 0 Å². The molecule has 0 spiro atoms. The van der Waals surface area contributed by atoms with E-state index in [2.05, 4.69) is 12.2 Å². The van der Waals surface area contributed by atoms with Crippen LogP contribution in [-0.2, 0) is 27.3 Å². The molecular weight excluding hydrogens is 362 g/mol. The molecule has 8 nitrogen and oxygen atoms in total. The van der Waals surface area contributed by atoms with Crippen molar-refractivity contribution in [1.82, 2.24) is 14.9 Å². The molecule has 0 fully saturated rings. The molecule has 2 rings (SSSR count). The van der Waals surface area contributed by atoms with E-state index < -0.39 is 36.3 Å². The number of aromatic amines is 1. The first-order chi connectivity index (χ1) is 13.3. The van der Waals surface area contributed by atoms with Gasteiger partial charge in [0.25, 0.3) is 11.5 Å². The molecule has 0 aliphatic rings. The zero-order valence-electron chi connectivity index (χ0n) is 16.2. The Hall–Kier alpha value is -3.16. The first-order valence-corrected chi connectivity index (χ1v) is 9.13. The number of aromatic nitrogens is 2. The Labute approximate surface area is 162 Å². The van der Waals surface area contributed by atoms with Crippen LogP contribution in [0.25, 0.3) is 0 Å². The van der Waals surface area contributed by atoms with E-state index in [1.54, 1.807) is 0 Å². The van der Waals surface area contributed by atoms with E-state index in [1.807, 2.05) is 43.1 Å². The molecule has 0 aliphatic carbocycles. The van der Waals surface area contributed by atoms with Crippen LogP contribution in [0, 0.1) is 5.92 Å². The number of carbonyl (C=O) groups is 2. The largest absolute Gasteiger partial charge is 0.454 e. The highest BCUT2D eigenvalue weighted by Crippen LogP contribution is 2.22. The fourth-order valence-corrected chi connectivity index (χ4v) is 2.71. The lowest BCUT2D eigenvalue weighted by atomic mass is 9.95. The molecule has 2 N–H and O–H groups in total. The molecular formula is C20H25N3O5. The van der Waals surface area contributed by atoms with E-state index in [9.17, 15) is 19.2 Å². The number of nitrogens with one attached hydrogen (secondary N) is 2. The van der Waals surface area contributed by atoms with Gasteiger partial charge in [0, 0.05) is 12.3 Å². The van der Waals surface area contributed by atoms with E-state index in [-0.39, 0.29) is 12.0 Å². The number of H-pyrrole nitrogens is 1. The summed E-state index contributed by atoms with van der Waals surface area (Å²) in [7, 11) is 0. The Morgan fingerprint density at radius 3 is 2.39 bits per heavy atom. The quantitative estimate of drug-likeness (QED) is 0.661. The van der Waals surface area contributed by atoms with Gasteiger partial charge in [-0.1, -0.05) is 45.0 Å². The van der Waals surface area contributed by atoms with Crippen LogP contribution >= 0.6 is 0 Å². The molecule has 0 aliphatic heterocycles. The van der Waals surface area contributed by atoms with E-state index in [0.29, 0.717) is 0 Å². The third kappa shape index (κ3) is 5.94. The van der Waals surface area contributed by atoms with Crippen molar-refractivity contribution in [1.29, 1.82) is 0 Å². The number of hydrogen-bond donors (Lipinski definition) is 2. The molecule has 1 amide bonds. The predicted octanol–water partition coefficient (Wildman–Crippen LogP) is 1.16. The van der Waals surface area contributed by atoms with Crippen LogP contribution in [0.15, 0.2) is 46.1 Å². The summed E-state index contributed by atoms with van der Waals surface area (Å²) in [5.41, 5.74) is 0.917. The molecule has 0 unspecified atom stereocenters. The number of nitrogens with zero attached hydrogens (tertiary/aromatic N) is 1. The number of rotatable bonds is 8. The van der Waals surface area contributed by atoms with Crippen molar-refractivity contribution in [2.75, 3.05) is 6.61 Å². The van der Waals surface area contributed by atoms with Gasteiger partial charge in [-0.15, -0.1) is 0 Å². The Morgan fingerprint density at radius 1 is 1.14 bits per heavy atom.